The first-order valence-corrected chi connectivity index (χ1v) is 5.89. The fourth-order valence-corrected chi connectivity index (χ4v) is 1.86. The predicted molar refractivity (Wildman–Crippen MR) is 72.5 cm³/mol. The molecule has 2 N–H and O–H groups in total. The molecule has 0 aliphatic carbocycles. The molecule has 0 bridgehead atoms. The summed E-state index contributed by atoms with van der Waals surface area (Å²) in [4.78, 5) is 11.0. The van der Waals surface area contributed by atoms with Crippen molar-refractivity contribution in [3.63, 3.8) is 0 Å². The topological polar surface area (TPSA) is 49.3 Å². The summed E-state index contributed by atoms with van der Waals surface area (Å²) in [5.74, 6) is -0.877. The molecule has 0 amide bonds. The monoisotopic (exact) mass is 241 g/mol. The van der Waals surface area contributed by atoms with Gasteiger partial charge in [0.15, 0.2) is 0 Å². The van der Waals surface area contributed by atoms with Crippen LogP contribution in [-0.2, 0) is 6.42 Å². The van der Waals surface area contributed by atoms with Gasteiger partial charge in [-0.2, -0.15) is 0 Å². The Kier molecular flexibility index (Phi) is 3.63. The number of rotatable bonds is 4. The van der Waals surface area contributed by atoms with E-state index in [1.54, 1.807) is 12.1 Å². The van der Waals surface area contributed by atoms with Gasteiger partial charge in [-0.25, -0.2) is 4.79 Å². The van der Waals surface area contributed by atoms with Crippen LogP contribution in [0.3, 0.4) is 0 Å². The Morgan fingerprint density at radius 1 is 1.11 bits per heavy atom. The van der Waals surface area contributed by atoms with Gasteiger partial charge in [0.05, 0.1) is 5.56 Å². The Labute approximate surface area is 106 Å². The second kappa shape index (κ2) is 5.36. The van der Waals surface area contributed by atoms with Crippen molar-refractivity contribution in [3.8, 4) is 0 Å². The third kappa shape index (κ3) is 2.69. The molecule has 2 aromatic rings. The molecule has 3 heteroatoms. The maximum Gasteiger partial charge on any atom is 0.335 e. The van der Waals surface area contributed by atoms with Crippen LogP contribution in [0.4, 0.5) is 11.4 Å². The Balaban J connectivity index is 2.28. The first-order chi connectivity index (χ1) is 8.70. The van der Waals surface area contributed by atoms with Crippen molar-refractivity contribution in [2.45, 2.75) is 13.3 Å². The molecule has 0 aliphatic heterocycles. The molecule has 2 aromatic carbocycles. The van der Waals surface area contributed by atoms with Crippen LogP contribution >= 0.6 is 0 Å². The number of para-hydroxylation sites is 1. The van der Waals surface area contributed by atoms with Crippen molar-refractivity contribution >= 4 is 17.3 Å². The number of carboxylic acids is 1. The minimum atomic E-state index is -0.877. The summed E-state index contributed by atoms with van der Waals surface area (Å²) in [6.07, 6.45) is 0.700. The fourth-order valence-electron chi connectivity index (χ4n) is 1.86. The Morgan fingerprint density at radius 3 is 2.44 bits per heavy atom. The molecule has 0 saturated carbocycles. The lowest BCUT2D eigenvalue weighted by Gasteiger charge is -2.09. The number of hydrogen-bond donors (Lipinski definition) is 2. The highest BCUT2D eigenvalue weighted by atomic mass is 16.4. The molecule has 0 aromatic heterocycles. The minimum Gasteiger partial charge on any atom is -0.478 e. The second-order valence-electron chi connectivity index (χ2n) is 4.02. The minimum absolute atomic E-state index is 0.371. The van der Waals surface area contributed by atoms with E-state index in [1.165, 1.54) is 0 Å². The Morgan fingerprint density at radius 2 is 1.83 bits per heavy atom. The average molecular weight is 241 g/mol. The fraction of sp³-hybridized carbons (Fsp3) is 0.133. The Hall–Kier alpha value is -2.29. The normalized spacial score (nSPS) is 10.1. The van der Waals surface area contributed by atoms with Crippen LogP contribution in [0.25, 0.3) is 0 Å². The van der Waals surface area contributed by atoms with Crippen LogP contribution in [0.15, 0.2) is 48.5 Å². The molecule has 92 valence electrons. The van der Waals surface area contributed by atoms with Crippen molar-refractivity contribution in [1.29, 1.82) is 0 Å². The molecule has 0 aliphatic rings. The third-order valence-corrected chi connectivity index (χ3v) is 2.78. The predicted octanol–water partition coefficient (Wildman–Crippen LogP) is 3.69. The summed E-state index contributed by atoms with van der Waals surface area (Å²) >= 11 is 0. The van der Waals surface area contributed by atoms with E-state index in [2.05, 4.69) is 5.32 Å². The van der Waals surface area contributed by atoms with Crippen LogP contribution in [0.1, 0.15) is 22.8 Å². The van der Waals surface area contributed by atoms with E-state index in [9.17, 15) is 4.79 Å². The van der Waals surface area contributed by atoms with Gasteiger partial charge in [0.1, 0.15) is 0 Å². The molecule has 0 radical (unpaired) electrons. The number of anilines is 2. The summed E-state index contributed by atoms with van der Waals surface area (Å²) in [5, 5.41) is 12.3. The molecule has 2 rings (SSSR count). The van der Waals surface area contributed by atoms with Crippen molar-refractivity contribution < 1.29 is 9.90 Å². The second-order valence-corrected chi connectivity index (χ2v) is 4.02. The molecule has 0 fully saturated rings. The van der Waals surface area contributed by atoms with Crippen LogP contribution in [0.5, 0.6) is 0 Å². The van der Waals surface area contributed by atoms with Gasteiger partial charge in [-0.05, 0) is 42.3 Å². The van der Waals surface area contributed by atoms with E-state index >= 15 is 0 Å². The number of hydrogen-bond acceptors (Lipinski definition) is 2. The number of carbonyl (C=O) groups is 1. The summed E-state index contributed by atoms with van der Waals surface area (Å²) in [6, 6.07) is 15.1. The number of aromatic carboxylic acids is 1. The van der Waals surface area contributed by atoms with Crippen molar-refractivity contribution in [1.82, 2.24) is 0 Å². The van der Waals surface area contributed by atoms with E-state index in [4.69, 9.17) is 5.11 Å². The van der Waals surface area contributed by atoms with Gasteiger partial charge in [-0.15, -0.1) is 0 Å². The molecule has 0 spiro atoms. The highest BCUT2D eigenvalue weighted by Gasteiger charge is 2.09. The van der Waals surface area contributed by atoms with Crippen molar-refractivity contribution in [3.05, 3.63) is 59.7 Å². The van der Waals surface area contributed by atoms with E-state index in [0.717, 1.165) is 16.9 Å². The average Bonchev–Trinajstić information content (AvgIpc) is 2.39. The number of carboxylic acid groups (broad SMARTS) is 1. The quantitative estimate of drug-likeness (QED) is 0.858. The molecule has 0 atom stereocenters. The maximum atomic E-state index is 11.0. The van der Waals surface area contributed by atoms with E-state index < -0.39 is 5.97 Å². The van der Waals surface area contributed by atoms with Crippen LogP contribution in [-0.4, -0.2) is 11.1 Å². The first-order valence-electron chi connectivity index (χ1n) is 5.89. The van der Waals surface area contributed by atoms with E-state index in [0.29, 0.717) is 12.0 Å². The van der Waals surface area contributed by atoms with Crippen LogP contribution < -0.4 is 5.32 Å². The van der Waals surface area contributed by atoms with Gasteiger partial charge in [-0.1, -0.05) is 25.1 Å². The van der Waals surface area contributed by atoms with Crippen molar-refractivity contribution in [2.24, 2.45) is 0 Å². The zero-order valence-corrected chi connectivity index (χ0v) is 10.2. The third-order valence-electron chi connectivity index (χ3n) is 2.78. The molecular weight excluding hydrogens is 226 g/mol. The number of nitrogens with one attached hydrogen (secondary N) is 1. The lowest BCUT2D eigenvalue weighted by Crippen LogP contribution is -2.02. The summed E-state index contributed by atoms with van der Waals surface area (Å²) in [7, 11) is 0. The zero-order valence-electron chi connectivity index (χ0n) is 10.2. The number of benzene rings is 2. The van der Waals surface area contributed by atoms with Crippen LogP contribution in [0.2, 0.25) is 0 Å². The molecule has 0 heterocycles. The van der Waals surface area contributed by atoms with Gasteiger partial charge >= 0.3 is 5.97 Å². The highest BCUT2D eigenvalue weighted by molar-refractivity contribution is 5.90. The Bertz CT molecular complexity index is 550. The van der Waals surface area contributed by atoms with Gasteiger partial charge in [0.25, 0.3) is 0 Å². The smallest absolute Gasteiger partial charge is 0.335 e. The first kappa shape index (κ1) is 12.2. The lowest BCUT2D eigenvalue weighted by atomic mass is 10.0. The standard InChI is InChI=1S/C15H15NO2/c1-2-11-10-13(8-9-14(11)15(17)18)16-12-6-4-3-5-7-12/h3-10,16H,2H2,1H3,(H,17,18). The van der Waals surface area contributed by atoms with Gasteiger partial charge < -0.3 is 10.4 Å². The van der Waals surface area contributed by atoms with E-state index in [1.807, 2.05) is 43.3 Å². The maximum absolute atomic E-state index is 11.0. The van der Waals surface area contributed by atoms with Gasteiger partial charge in [-0.3, -0.25) is 0 Å². The van der Waals surface area contributed by atoms with Gasteiger partial charge in [0.2, 0.25) is 0 Å². The van der Waals surface area contributed by atoms with Gasteiger partial charge in [0, 0.05) is 11.4 Å². The SMILES string of the molecule is CCc1cc(Nc2ccccc2)ccc1C(=O)O. The highest BCUT2D eigenvalue weighted by Crippen LogP contribution is 2.20. The lowest BCUT2D eigenvalue weighted by molar-refractivity contribution is 0.0696. The van der Waals surface area contributed by atoms with Crippen LogP contribution in [0, 0.1) is 0 Å². The zero-order chi connectivity index (χ0) is 13.0. The largest absolute Gasteiger partial charge is 0.478 e. The molecule has 0 unspecified atom stereocenters. The van der Waals surface area contributed by atoms with Crippen molar-refractivity contribution in [2.75, 3.05) is 5.32 Å². The molecular formula is C15H15NO2. The molecule has 3 nitrogen and oxygen atoms in total. The summed E-state index contributed by atoms with van der Waals surface area (Å²) < 4.78 is 0. The summed E-state index contributed by atoms with van der Waals surface area (Å²) in [6.45, 7) is 1.95. The van der Waals surface area contributed by atoms with E-state index in [-0.39, 0.29) is 0 Å². The molecule has 0 saturated heterocycles. The summed E-state index contributed by atoms with van der Waals surface area (Å²) in [5.41, 5.74) is 3.10. The number of aryl methyl sites for hydroxylation is 1. The molecule has 18 heavy (non-hydrogen) atoms.